The van der Waals surface area contributed by atoms with Crippen LogP contribution in [0.1, 0.15) is 74.6 Å². The molecule has 11 rings (SSSR count). The molecule has 60 heavy (non-hydrogen) atoms. The maximum atomic E-state index is 6.74. The Kier molecular flexibility index (Phi) is 8.85. The maximum absolute atomic E-state index is 6.74. The van der Waals surface area contributed by atoms with Gasteiger partial charge in [-0.2, -0.15) is 0 Å². The fraction of sp³-hybridized carbons (Fsp3) is 0.172. The van der Waals surface area contributed by atoms with Crippen molar-refractivity contribution < 1.29 is 4.42 Å². The van der Waals surface area contributed by atoms with E-state index < -0.39 is 0 Å². The van der Waals surface area contributed by atoms with Crippen LogP contribution in [-0.2, 0) is 10.8 Å². The standard InChI is InChI=1S/C58H49NO/c1-57(2)51-35-33-45(38-50(51)55-47(24-16-26-52(55)57)40-18-8-5-9-19-40)59(44-30-28-43(29-31-44)58(36-14-3-4-15-37-58)42-22-12-7-13-23-42)46-32-34-49-54(39-46)60-53-27-17-25-48(56(49)53)41-20-10-6-11-21-41/h5-13,16-35,38-39H,3-4,14-15,36-37H2,1-2H3. The Morgan fingerprint density at radius 3 is 1.73 bits per heavy atom. The van der Waals surface area contributed by atoms with Crippen molar-refractivity contribution in [1.82, 2.24) is 0 Å². The quantitative estimate of drug-likeness (QED) is 0.150. The van der Waals surface area contributed by atoms with Gasteiger partial charge in [0.05, 0.1) is 0 Å². The topological polar surface area (TPSA) is 16.4 Å². The molecule has 2 heteroatoms. The van der Waals surface area contributed by atoms with Gasteiger partial charge in [0.15, 0.2) is 0 Å². The fourth-order valence-electron chi connectivity index (χ4n) is 10.8. The summed E-state index contributed by atoms with van der Waals surface area (Å²) in [5.41, 5.74) is 18.1. The lowest BCUT2D eigenvalue weighted by Gasteiger charge is -2.35. The molecule has 292 valence electrons. The highest BCUT2D eigenvalue weighted by molar-refractivity contribution is 6.13. The highest BCUT2D eigenvalue weighted by atomic mass is 16.3. The summed E-state index contributed by atoms with van der Waals surface area (Å²) in [6.45, 7) is 4.75. The molecular weight excluding hydrogens is 727 g/mol. The minimum Gasteiger partial charge on any atom is -0.456 e. The van der Waals surface area contributed by atoms with Gasteiger partial charge in [-0.15, -0.1) is 0 Å². The van der Waals surface area contributed by atoms with E-state index in [2.05, 4.69) is 207 Å². The van der Waals surface area contributed by atoms with Gasteiger partial charge in [-0.05, 0) is 111 Å². The van der Waals surface area contributed by atoms with Crippen molar-refractivity contribution in [3.05, 3.63) is 210 Å². The van der Waals surface area contributed by atoms with Crippen LogP contribution in [-0.4, -0.2) is 0 Å². The molecule has 0 atom stereocenters. The molecule has 0 radical (unpaired) electrons. The first-order chi connectivity index (χ1) is 29.5. The van der Waals surface area contributed by atoms with Crippen molar-refractivity contribution in [3.63, 3.8) is 0 Å². The third-order valence-electron chi connectivity index (χ3n) is 13.8. The zero-order chi connectivity index (χ0) is 40.3. The van der Waals surface area contributed by atoms with Crippen LogP contribution < -0.4 is 4.90 Å². The lowest BCUT2D eigenvalue weighted by atomic mass is 9.69. The van der Waals surface area contributed by atoms with Gasteiger partial charge in [0.2, 0.25) is 0 Å². The van der Waals surface area contributed by atoms with Gasteiger partial charge in [-0.25, -0.2) is 0 Å². The molecule has 0 saturated heterocycles. The Morgan fingerprint density at radius 2 is 1.02 bits per heavy atom. The normalized spacial score (nSPS) is 15.4. The minimum absolute atomic E-state index is 0.0153. The molecule has 2 aliphatic carbocycles. The number of hydrogen-bond acceptors (Lipinski definition) is 2. The van der Waals surface area contributed by atoms with Crippen molar-refractivity contribution >= 4 is 39.0 Å². The van der Waals surface area contributed by atoms with Crippen LogP contribution in [0.3, 0.4) is 0 Å². The Labute approximate surface area is 353 Å². The number of nitrogens with zero attached hydrogens (tertiary/aromatic N) is 1. The average Bonchev–Trinajstić information content (AvgIpc) is 3.64. The van der Waals surface area contributed by atoms with Crippen LogP contribution in [0.2, 0.25) is 0 Å². The Hall–Kier alpha value is -6.64. The smallest absolute Gasteiger partial charge is 0.137 e. The third kappa shape index (κ3) is 5.92. The van der Waals surface area contributed by atoms with Crippen LogP contribution >= 0.6 is 0 Å². The lowest BCUT2D eigenvalue weighted by Crippen LogP contribution is -2.27. The molecule has 1 saturated carbocycles. The predicted octanol–water partition coefficient (Wildman–Crippen LogP) is 16.3. The van der Waals surface area contributed by atoms with E-state index in [0.717, 1.165) is 39.0 Å². The highest BCUT2D eigenvalue weighted by Crippen LogP contribution is 2.54. The number of benzene rings is 8. The van der Waals surface area contributed by atoms with Gasteiger partial charge in [0.1, 0.15) is 11.2 Å². The summed E-state index contributed by atoms with van der Waals surface area (Å²) in [6.07, 6.45) is 7.48. The summed E-state index contributed by atoms with van der Waals surface area (Å²) in [5, 5.41) is 2.28. The summed E-state index contributed by atoms with van der Waals surface area (Å²) in [4.78, 5) is 2.44. The molecule has 0 spiro atoms. The van der Waals surface area contributed by atoms with E-state index in [0.29, 0.717) is 0 Å². The van der Waals surface area contributed by atoms with Crippen LogP contribution in [0.15, 0.2) is 192 Å². The SMILES string of the molecule is CC1(C)c2ccc(N(c3ccc(C4(c5ccccc5)CCCCCC4)cc3)c3ccc4c(c3)oc3cccc(-c5ccccc5)c34)cc2-c2c(-c3ccccc3)cccc21. The summed E-state index contributed by atoms with van der Waals surface area (Å²) in [7, 11) is 0. The third-order valence-corrected chi connectivity index (χ3v) is 13.8. The van der Waals surface area contributed by atoms with Crippen LogP contribution in [0.4, 0.5) is 17.1 Å². The predicted molar refractivity (Wildman–Crippen MR) is 252 cm³/mol. The zero-order valence-corrected chi connectivity index (χ0v) is 34.5. The molecule has 8 aromatic carbocycles. The molecule has 1 fully saturated rings. The van der Waals surface area contributed by atoms with Gasteiger partial charge in [-0.1, -0.05) is 179 Å². The number of anilines is 3. The van der Waals surface area contributed by atoms with Crippen molar-refractivity contribution in [3.8, 4) is 33.4 Å². The van der Waals surface area contributed by atoms with Crippen LogP contribution in [0.5, 0.6) is 0 Å². The first-order valence-corrected chi connectivity index (χ1v) is 21.8. The zero-order valence-electron chi connectivity index (χ0n) is 34.5. The molecule has 0 bridgehead atoms. The lowest BCUT2D eigenvalue weighted by molar-refractivity contribution is 0.446. The monoisotopic (exact) mass is 775 g/mol. The molecule has 0 unspecified atom stereocenters. The Balaban J connectivity index is 1.09. The van der Waals surface area contributed by atoms with E-state index in [1.165, 1.54) is 94.2 Å². The second-order valence-electron chi connectivity index (χ2n) is 17.5. The molecule has 1 aromatic heterocycles. The van der Waals surface area contributed by atoms with Crippen molar-refractivity contribution in [2.24, 2.45) is 0 Å². The van der Waals surface area contributed by atoms with Gasteiger partial charge in [0, 0.05) is 44.7 Å². The van der Waals surface area contributed by atoms with Gasteiger partial charge in [0.25, 0.3) is 0 Å². The van der Waals surface area contributed by atoms with Crippen molar-refractivity contribution in [1.29, 1.82) is 0 Å². The summed E-state index contributed by atoms with van der Waals surface area (Å²) >= 11 is 0. The van der Waals surface area contributed by atoms with Gasteiger partial charge >= 0.3 is 0 Å². The van der Waals surface area contributed by atoms with Gasteiger partial charge in [-0.3, -0.25) is 0 Å². The average molecular weight is 776 g/mol. The number of rotatable bonds is 7. The second-order valence-corrected chi connectivity index (χ2v) is 17.5. The first-order valence-electron chi connectivity index (χ1n) is 21.8. The number of furan rings is 1. The van der Waals surface area contributed by atoms with E-state index in [-0.39, 0.29) is 10.8 Å². The van der Waals surface area contributed by atoms with E-state index in [1.807, 2.05) is 0 Å². The maximum Gasteiger partial charge on any atom is 0.137 e. The van der Waals surface area contributed by atoms with E-state index in [1.54, 1.807) is 0 Å². The molecule has 0 aliphatic heterocycles. The molecule has 1 heterocycles. The Morgan fingerprint density at radius 1 is 0.433 bits per heavy atom. The van der Waals surface area contributed by atoms with Gasteiger partial charge < -0.3 is 9.32 Å². The second kappa shape index (κ2) is 14.6. The largest absolute Gasteiger partial charge is 0.456 e. The van der Waals surface area contributed by atoms with E-state index in [4.69, 9.17) is 4.42 Å². The first kappa shape index (κ1) is 36.4. The summed E-state index contributed by atoms with van der Waals surface area (Å²) in [5.74, 6) is 0. The van der Waals surface area contributed by atoms with Crippen LogP contribution in [0, 0.1) is 0 Å². The molecule has 0 amide bonds. The molecular formula is C58H49NO. The summed E-state index contributed by atoms with van der Waals surface area (Å²) in [6, 6.07) is 69.5. The highest BCUT2D eigenvalue weighted by Gasteiger charge is 2.38. The number of hydrogen-bond donors (Lipinski definition) is 0. The molecule has 2 aliphatic rings. The fourth-order valence-corrected chi connectivity index (χ4v) is 10.8. The molecule has 9 aromatic rings. The Bertz CT molecular complexity index is 2990. The van der Waals surface area contributed by atoms with Crippen LogP contribution in [0.25, 0.3) is 55.3 Å². The summed E-state index contributed by atoms with van der Waals surface area (Å²) < 4.78 is 6.74. The van der Waals surface area contributed by atoms with Crippen molar-refractivity contribution in [2.45, 2.75) is 63.2 Å². The van der Waals surface area contributed by atoms with E-state index in [9.17, 15) is 0 Å². The van der Waals surface area contributed by atoms with Crippen molar-refractivity contribution in [2.75, 3.05) is 4.90 Å². The molecule has 0 N–H and O–H groups in total. The molecule has 2 nitrogen and oxygen atoms in total. The minimum atomic E-state index is -0.130. The van der Waals surface area contributed by atoms with E-state index >= 15 is 0 Å². The number of fused-ring (bicyclic) bond motifs is 6.